The fourth-order valence-electron chi connectivity index (χ4n) is 1.25. The SMILES string of the molecule is CCN(C(C)C)[C@@H](C)C(N)=O. The Bertz CT molecular complexity index is 134. The molecule has 0 spiro atoms. The van der Waals surface area contributed by atoms with Crippen molar-refractivity contribution in [2.75, 3.05) is 6.54 Å². The van der Waals surface area contributed by atoms with Crippen LogP contribution >= 0.6 is 0 Å². The van der Waals surface area contributed by atoms with E-state index >= 15 is 0 Å². The minimum atomic E-state index is -0.249. The van der Waals surface area contributed by atoms with Gasteiger partial charge < -0.3 is 5.73 Å². The third kappa shape index (κ3) is 2.89. The highest BCUT2D eigenvalue weighted by Crippen LogP contribution is 2.03. The maximum atomic E-state index is 10.8. The van der Waals surface area contributed by atoms with Crippen LogP contribution in [0.2, 0.25) is 0 Å². The number of amides is 1. The van der Waals surface area contributed by atoms with Crippen molar-refractivity contribution in [2.24, 2.45) is 5.73 Å². The van der Waals surface area contributed by atoms with Crippen molar-refractivity contribution in [3.05, 3.63) is 0 Å². The van der Waals surface area contributed by atoms with Gasteiger partial charge in [0.05, 0.1) is 6.04 Å². The zero-order chi connectivity index (χ0) is 9.02. The van der Waals surface area contributed by atoms with Crippen molar-refractivity contribution in [1.29, 1.82) is 0 Å². The summed E-state index contributed by atoms with van der Waals surface area (Å²) in [6, 6.07) is 0.225. The molecule has 0 aromatic heterocycles. The average molecular weight is 158 g/mol. The summed E-state index contributed by atoms with van der Waals surface area (Å²) in [5.41, 5.74) is 5.17. The van der Waals surface area contributed by atoms with Crippen LogP contribution in [-0.4, -0.2) is 29.4 Å². The summed E-state index contributed by atoms with van der Waals surface area (Å²) in [7, 11) is 0. The number of carbonyl (C=O) groups is 1. The van der Waals surface area contributed by atoms with Gasteiger partial charge in [-0.05, 0) is 27.3 Å². The molecule has 0 heterocycles. The first kappa shape index (κ1) is 10.4. The van der Waals surface area contributed by atoms with Gasteiger partial charge in [0, 0.05) is 6.04 Å². The Morgan fingerprint density at radius 1 is 1.45 bits per heavy atom. The Hall–Kier alpha value is -0.570. The summed E-state index contributed by atoms with van der Waals surface area (Å²) in [6.45, 7) is 8.85. The van der Waals surface area contributed by atoms with E-state index in [-0.39, 0.29) is 11.9 Å². The molecule has 66 valence electrons. The van der Waals surface area contributed by atoms with E-state index in [4.69, 9.17) is 5.73 Å². The lowest BCUT2D eigenvalue weighted by Crippen LogP contribution is -2.46. The van der Waals surface area contributed by atoms with Gasteiger partial charge in [0.25, 0.3) is 0 Å². The molecule has 2 N–H and O–H groups in total. The van der Waals surface area contributed by atoms with Gasteiger partial charge in [0.1, 0.15) is 0 Å². The fraction of sp³-hybridized carbons (Fsp3) is 0.875. The molecular weight excluding hydrogens is 140 g/mol. The first-order valence-electron chi connectivity index (χ1n) is 4.05. The van der Waals surface area contributed by atoms with Crippen LogP contribution in [0.15, 0.2) is 0 Å². The molecular formula is C8H18N2O. The van der Waals surface area contributed by atoms with Gasteiger partial charge in [-0.15, -0.1) is 0 Å². The van der Waals surface area contributed by atoms with Crippen LogP contribution in [0.5, 0.6) is 0 Å². The molecule has 1 amide bonds. The topological polar surface area (TPSA) is 46.3 Å². The zero-order valence-corrected chi connectivity index (χ0v) is 7.79. The Morgan fingerprint density at radius 3 is 2.00 bits per heavy atom. The van der Waals surface area contributed by atoms with Crippen molar-refractivity contribution in [3.8, 4) is 0 Å². The normalized spacial score (nSPS) is 14.0. The smallest absolute Gasteiger partial charge is 0.234 e. The van der Waals surface area contributed by atoms with Crippen LogP contribution in [0.25, 0.3) is 0 Å². The number of nitrogens with two attached hydrogens (primary N) is 1. The van der Waals surface area contributed by atoms with Gasteiger partial charge in [-0.1, -0.05) is 6.92 Å². The highest BCUT2D eigenvalue weighted by molar-refractivity contribution is 5.79. The molecule has 0 saturated carbocycles. The summed E-state index contributed by atoms with van der Waals surface area (Å²) in [5.74, 6) is -0.249. The van der Waals surface area contributed by atoms with Gasteiger partial charge in [0.15, 0.2) is 0 Å². The highest BCUT2D eigenvalue weighted by atomic mass is 16.1. The number of rotatable bonds is 4. The molecule has 0 radical (unpaired) electrons. The Labute approximate surface area is 68.6 Å². The van der Waals surface area contributed by atoms with E-state index in [2.05, 4.69) is 18.7 Å². The van der Waals surface area contributed by atoms with Gasteiger partial charge >= 0.3 is 0 Å². The maximum Gasteiger partial charge on any atom is 0.234 e. The van der Waals surface area contributed by atoms with E-state index in [0.717, 1.165) is 6.54 Å². The summed E-state index contributed by atoms with van der Waals surface area (Å²) >= 11 is 0. The molecule has 0 aliphatic carbocycles. The summed E-state index contributed by atoms with van der Waals surface area (Å²) < 4.78 is 0. The quantitative estimate of drug-likeness (QED) is 0.651. The lowest BCUT2D eigenvalue weighted by atomic mass is 10.2. The molecule has 0 bridgehead atoms. The number of hydrogen-bond acceptors (Lipinski definition) is 2. The first-order valence-corrected chi connectivity index (χ1v) is 4.05. The van der Waals surface area contributed by atoms with Gasteiger partial charge in [-0.25, -0.2) is 0 Å². The number of primary amides is 1. The fourth-order valence-corrected chi connectivity index (χ4v) is 1.25. The van der Waals surface area contributed by atoms with E-state index in [0.29, 0.717) is 6.04 Å². The zero-order valence-electron chi connectivity index (χ0n) is 7.79. The van der Waals surface area contributed by atoms with Gasteiger partial charge in [-0.2, -0.15) is 0 Å². The van der Waals surface area contributed by atoms with Crippen LogP contribution in [0.4, 0.5) is 0 Å². The van der Waals surface area contributed by atoms with E-state index in [1.54, 1.807) is 0 Å². The van der Waals surface area contributed by atoms with E-state index in [9.17, 15) is 4.79 Å². The molecule has 0 aliphatic heterocycles. The summed E-state index contributed by atoms with van der Waals surface area (Å²) in [5, 5.41) is 0. The molecule has 0 aliphatic rings. The lowest BCUT2D eigenvalue weighted by molar-refractivity contribution is -0.123. The highest BCUT2D eigenvalue weighted by Gasteiger charge is 2.18. The summed E-state index contributed by atoms with van der Waals surface area (Å²) in [4.78, 5) is 12.8. The van der Waals surface area contributed by atoms with Gasteiger partial charge in [0.2, 0.25) is 5.91 Å². The number of likely N-dealkylation sites (N-methyl/N-ethyl adjacent to an activating group) is 1. The van der Waals surface area contributed by atoms with E-state index in [1.807, 2.05) is 13.8 Å². The molecule has 0 rings (SSSR count). The second-order valence-corrected chi connectivity index (χ2v) is 3.00. The van der Waals surface area contributed by atoms with E-state index < -0.39 is 0 Å². The van der Waals surface area contributed by atoms with Gasteiger partial charge in [-0.3, -0.25) is 9.69 Å². The van der Waals surface area contributed by atoms with Crippen molar-refractivity contribution < 1.29 is 4.79 Å². The standard InChI is InChI=1S/C8H18N2O/c1-5-10(6(2)3)7(4)8(9)11/h6-7H,5H2,1-4H3,(H2,9,11)/t7-/m0/s1. The minimum Gasteiger partial charge on any atom is -0.368 e. The van der Waals surface area contributed by atoms with Crippen LogP contribution in [-0.2, 0) is 4.79 Å². The molecule has 3 heteroatoms. The third-order valence-electron chi connectivity index (χ3n) is 1.94. The molecule has 0 saturated heterocycles. The molecule has 11 heavy (non-hydrogen) atoms. The average Bonchev–Trinajstić information content (AvgIpc) is 1.88. The largest absolute Gasteiger partial charge is 0.368 e. The maximum absolute atomic E-state index is 10.8. The number of carbonyl (C=O) groups excluding carboxylic acids is 1. The lowest BCUT2D eigenvalue weighted by Gasteiger charge is -2.29. The second-order valence-electron chi connectivity index (χ2n) is 3.00. The number of hydrogen-bond donors (Lipinski definition) is 1. The predicted molar refractivity (Wildman–Crippen MR) is 46.2 cm³/mol. The molecule has 0 aromatic rings. The predicted octanol–water partition coefficient (Wildman–Crippen LogP) is 0.591. The molecule has 0 unspecified atom stereocenters. The Balaban J connectivity index is 4.13. The first-order chi connectivity index (χ1) is 5.00. The van der Waals surface area contributed by atoms with Crippen molar-refractivity contribution in [2.45, 2.75) is 39.8 Å². The Kier molecular flexibility index (Phi) is 4.11. The van der Waals surface area contributed by atoms with Crippen LogP contribution in [0.3, 0.4) is 0 Å². The van der Waals surface area contributed by atoms with Crippen LogP contribution in [0.1, 0.15) is 27.7 Å². The summed E-state index contributed by atoms with van der Waals surface area (Å²) in [6.07, 6.45) is 0. The molecule has 0 aromatic carbocycles. The van der Waals surface area contributed by atoms with Crippen LogP contribution in [0, 0.1) is 0 Å². The number of nitrogens with zero attached hydrogens (tertiary/aromatic N) is 1. The van der Waals surface area contributed by atoms with Crippen molar-refractivity contribution >= 4 is 5.91 Å². The molecule has 0 fully saturated rings. The van der Waals surface area contributed by atoms with Crippen LogP contribution < -0.4 is 5.73 Å². The Morgan fingerprint density at radius 2 is 1.91 bits per heavy atom. The monoisotopic (exact) mass is 158 g/mol. The second kappa shape index (κ2) is 4.34. The molecule has 1 atom stereocenters. The third-order valence-corrected chi connectivity index (χ3v) is 1.94. The molecule has 3 nitrogen and oxygen atoms in total. The van der Waals surface area contributed by atoms with Crippen molar-refractivity contribution in [3.63, 3.8) is 0 Å². The minimum absolute atomic E-state index is 0.153. The van der Waals surface area contributed by atoms with E-state index in [1.165, 1.54) is 0 Å². The van der Waals surface area contributed by atoms with Crippen molar-refractivity contribution in [1.82, 2.24) is 4.90 Å².